The summed E-state index contributed by atoms with van der Waals surface area (Å²) in [5, 5.41) is 80.7. The van der Waals surface area contributed by atoms with Gasteiger partial charge in [-0.15, -0.1) is 0 Å². The smallest absolute Gasteiger partial charge is 0.229 e. The second-order valence-electron chi connectivity index (χ2n) is 9.65. The highest BCUT2D eigenvalue weighted by Crippen LogP contribution is 2.35. The van der Waals surface area contributed by atoms with Crippen molar-refractivity contribution in [1.29, 1.82) is 0 Å². The molecule has 14 nitrogen and oxygen atoms in total. The predicted molar refractivity (Wildman–Crippen MR) is 132 cm³/mol. The molecule has 2 aliphatic rings. The normalized spacial score (nSPS) is 32.4. The number of phenolic OH excluding ortho intramolecular Hbond substituents is 2. The average molecular weight is 564 g/mol. The Morgan fingerprint density at radius 1 is 0.975 bits per heavy atom. The van der Waals surface area contributed by atoms with Crippen molar-refractivity contribution in [3.63, 3.8) is 0 Å². The molecule has 2 aliphatic heterocycles. The molecule has 5 rings (SSSR count). The largest absolute Gasteiger partial charge is 0.508 e. The number of phenols is 2. The van der Waals surface area contributed by atoms with E-state index in [0.29, 0.717) is 5.56 Å². The van der Waals surface area contributed by atoms with Crippen LogP contribution in [0, 0.1) is 0 Å². The number of ether oxygens (including phenoxy) is 4. The molecule has 0 spiro atoms. The number of aliphatic hydroxyl groups excluding tert-OH is 5. The first-order valence-electron chi connectivity index (χ1n) is 12.2. The Kier molecular flexibility index (Phi) is 7.71. The molecular weight excluding hydrogens is 536 g/mol. The summed E-state index contributed by atoms with van der Waals surface area (Å²) in [5.74, 6) is -0.496. The van der Waals surface area contributed by atoms with E-state index < -0.39 is 79.7 Å². The summed E-state index contributed by atoms with van der Waals surface area (Å²) >= 11 is 0. The third-order valence-electron chi connectivity index (χ3n) is 6.88. The van der Waals surface area contributed by atoms with Gasteiger partial charge in [0.05, 0.1) is 19.8 Å². The Hall–Kier alpha value is -3.31. The minimum atomic E-state index is -2.04. The van der Waals surface area contributed by atoms with E-state index >= 15 is 0 Å². The minimum absolute atomic E-state index is 0.00882. The molecule has 8 N–H and O–H groups in total. The fourth-order valence-electron chi connectivity index (χ4n) is 4.57. The number of aliphatic hydroxyl groups is 6. The molecule has 1 aromatic heterocycles. The molecule has 0 aliphatic carbocycles. The first kappa shape index (κ1) is 28.2. The maximum absolute atomic E-state index is 12.8. The molecule has 8 atom stereocenters. The summed E-state index contributed by atoms with van der Waals surface area (Å²) in [4.78, 5) is 12.8. The van der Waals surface area contributed by atoms with Crippen molar-refractivity contribution in [3.05, 3.63) is 52.7 Å². The van der Waals surface area contributed by atoms with Crippen LogP contribution in [0.3, 0.4) is 0 Å². The Morgan fingerprint density at radius 2 is 1.70 bits per heavy atom. The summed E-state index contributed by atoms with van der Waals surface area (Å²) < 4.78 is 28.0. The maximum Gasteiger partial charge on any atom is 0.229 e. The van der Waals surface area contributed by atoms with Gasteiger partial charge in [0.25, 0.3) is 0 Å². The van der Waals surface area contributed by atoms with E-state index in [1.54, 1.807) is 0 Å². The molecule has 2 fully saturated rings. The van der Waals surface area contributed by atoms with Gasteiger partial charge in [-0.05, 0) is 24.3 Å². The average Bonchev–Trinajstić information content (AvgIpc) is 3.21. The van der Waals surface area contributed by atoms with Gasteiger partial charge in [0.2, 0.25) is 6.29 Å². The second kappa shape index (κ2) is 10.9. The number of benzene rings is 2. The van der Waals surface area contributed by atoms with Gasteiger partial charge < -0.3 is 64.2 Å². The van der Waals surface area contributed by atoms with Crippen LogP contribution in [0.5, 0.6) is 17.2 Å². The van der Waals surface area contributed by atoms with E-state index in [-0.39, 0.29) is 28.2 Å². The molecule has 3 heterocycles. The summed E-state index contributed by atoms with van der Waals surface area (Å²) in [7, 11) is 0. The number of rotatable bonds is 7. The molecule has 14 heteroatoms. The molecule has 2 saturated heterocycles. The van der Waals surface area contributed by atoms with Crippen LogP contribution in [-0.4, -0.2) is 109 Å². The van der Waals surface area contributed by atoms with Gasteiger partial charge in [-0.1, -0.05) is 0 Å². The van der Waals surface area contributed by atoms with Gasteiger partial charge in [0.1, 0.15) is 64.0 Å². The Balaban J connectivity index is 1.47. The maximum atomic E-state index is 12.8. The number of fused-ring (bicyclic) bond motifs is 1. The minimum Gasteiger partial charge on any atom is -0.508 e. The highest BCUT2D eigenvalue weighted by molar-refractivity contribution is 5.86. The standard InChI is InChI=1S/C26H28O14/c27-8-18-20(32)21(33)22(40-25-23(34)26(35,9-28)10-36-25)24(39-18)37-13-5-14(30)19-15(31)7-16(38-17(19)6-13)11-1-3-12(29)4-2-11/h1-7,18,20-25,27-30,32-35H,8-10H2/t18-,20+,21+,22-,23-,24-,25+,26-/m0/s1. The second-order valence-corrected chi connectivity index (χ2v) is 9.65. The van der Waals surface area contributed by atoms with Crippen molar-refractivity contribution < 1.29 is 64.2 Å². The van der Waals surface area contributed by atoms with Crippen LogP contribution in [-0.2, 0) is 14.2 Å². The first-order chi connectivity index (χ1) is 19.0. The fraction of sp³-hybridized carbons (Fsp3) is 0.423. The van der Waals surface area contributed by atoms with Crippen LogP contribution >= 0.6 is 0 Å². The van der Waals surface area contributed by atoms with E-state index in [9.17, 15) is 45.6 Å². The topological polar surface area (TPSA) is 229 Å². The number of hydrogen-bond donors (Lipinski definition) is 8. The molecule has 0 unspecified atom stereocenters. The van der Waals surface area contributed by atoms with E-state index in [2.05, 4.69) is 0 Å². The van der Waals surface area contributed by atoms with Crippen LogP contribution in [0.25, 0.3) is 22.3 Å². The van der Waals surface area contributed by atoms with E-state index in [1.165, 1.54) is 36.4 Å². The first-order valence-corrected chi connectivity index (χ1v) is 12.2. The van der Waals surface area contributed by atoms with E-state index in [4.69, 9.17) is 23.4 Å². The molecule has 40 heavy (non-hydrogen) atoms. The van der Waals surface area contributed by atoms with Gasteiger partial charge in [-0.3, -0.25) is 4.79 Å². The Bertz CT molecular complexity index is 1410. The fourth-order valence-corrected chi connectivity index (χ4v) is 4.57. The van der Waals surface area contributed by atoms with Crippen LogP contribution in [0.2, 0.25) is 0 Å². The lowest BCUT2D eigenvalue weighted by Crippen LogP contribution is -2.62. The highest BCUT2D eigenvalue weighted by Gasteiger charge is 2.53. The highest BCUT2D eigenvalue weighted by atomic mass is 16.8. The van der Waals surface area contributed by atoms with Crippen molar-refractivity contribution in [2.24, 2.45) is 0 Å². The summed E-state index contributed by atoms with van der Waals surface area (Å²) in [6, 6.07) is 9.37. The van der Waals surface area contributed by atoms with Crippen LogP contribution < -0.4 is 10.2 Å². The monoisotopic (exact) mass is 564 g/mol. The van der Waals surface area contributed by atoms with Crippen LogP contribution in [0.1, 0.15) is 0 Å². The molecular formula is C26H28O14. The summed E-state index contributed by atoms with van der Waals surface area (Å²) in [6.07, 6.45) is -11.2. The molecule has 0 radical (unpaired) electrons. The van der Waals surface area contributed by atoms with Crippen molar-refractivity contribution in [2.45, 2.75) is 48.7 Å². The van der Waals surface area contributed by atoms with Crippen molar-refractivity contribution >= 4 is 11.0 Å². The van der Waals surface area contributed by atoms with Gasteiger partial charge in [-0.2, -0.15) is 0 Å². The van der Waals surface area contributed by atoms with Crippen molar-refractivity contribution in [2.75, 3.05) is 19.8 Å². The zero-order valence-corrected chi connectivity index (χ0v) is 20.7. The van der Waals surface area contributed by atoms with Gasteiger partial charge in [0, 0.05) is 23.8 Å². The summed E-state index contributed by atoms with van der Waals surface area (Å²) in [5.41, 5.74) is -2.22. The number of hydrogen-bond acceptors (Lipinski definition) is 14. The summed E-state index contributed by atoms with van der Waals surface area (Å²) in [6.45, 7) is -2.06. The lowest BCUT2D eigenvalue weighted by atomic mass is 9.98. The third-order valence-corrected chi connectivity index (χ3v) is 6.88. The van der Waals surface area contributed by atoms with Gasteiger partial charge >= 0.3 is 0 Å². The van der Waals surface area contributed by atoms with Crippen LogP contribution in [0.15, 0.2) is 51.7 Å². The molecule has 2 aromatic carbocycles. The zero-order chi connectivity index (χ0) is 28.8. The predicted octanol–water partition coefficient (Wildman–Crippen LogP) is -1.49. The Morgan fingerprint density at radius 3 is 2.35 bits per heavy atom. The van der Waals surface area contributed by atoms with E-state index in [0.717, 1.165) is 6.07 Å². The van der Waals surface area contributed by atoms with E-state index in [1.807, 2.05) is 0 Å². The zero-order valence-electron chi connectivity index (χ0n) is 20.7. The lowest BCUT2D eigenvalue weighted by Gasteiger charge is -2.42. The van der Waals surface area contributed by atoms with Gasteiger partial charge in [0.15, 0.2) is 17.8 Å². The van der Waals surface area contributed by atoms with Gasteiger partial charge in [-0.25, -0.2) is 0 Å². The Labute approximate surface area is 225 Å². The SMILES string of the molecule is O=c1cc(-c2ccc(O)cc2)oc2cc(O[C@H]3O[C@@H](CO)[C@@H](O)[C@@H](O)[C@@H]3O[C@H]3OC[C@@](O)(CO)[C@H]3O)cc(O)c12. The molecule has 0 bridgehead atoms. The molecule has 3 aromatic rings. The quantitative estimate of drug-likeness (QED) is 0.164. The van der Waals surface area contributed by atoms with Crippen molar-refractivity contribution in [1.82, 2.24) is 0 Å². The number of aromatic hydroxyl groups is 2. The molecule has 0 amide bonds. The van der Waals surface area contributed by atoms with Crippen molar-refractivity contribution in [3.8, 4) is 28.6 Å². The molecule has 216 valence electrons. The van der Waals surface area contributed by atoms with Crippen LogP contribution in [0.4, 0.5) is 0 Å². The lowest BCUT2D eigenvalue weighted by molar-refractivity contribution is -0.318. The third kappa shape index (κ3) is 5.12. The molecule has 0 saturated carbocycles.